The van der Waals surface area contributed by atoms with Crippen LogP contribution in [-0.2, 0) is 4.79 Å². The van der Waals surface area contributed by atoms with E-state index in [1.54, 1.807) is 28.4 Å². The molecule has 0 atom stereocenters. The Morgan fingerprint density at radius 1 is 1.24 bits per heavy atom. The van der Waals surface area contributed by atoms with E-state index in [1.807, 2.05) is 16.3 Å². The zero-order valence-electron chi connectivity index (χ0n) is 15.2. The zero-order valence-corrected chi connectivity index (χ0v) is 17.5. The van der Waals surface area contributed by atoms with Gasteiger partial charge in [0.15, 0.2) is 0 Å². The van der Waals surface area contributed by atoms with Crippen molar-refractivity contribution in [2.45, 2.75) is 5.03 Å². The number of rotatable bonds is 5. The average molecular weight is 450 g/mol. The molecule has 1 aliphatic heterocycles. The van der Waals surface area contributed by atoms with Crippen molar-refractivity contribution in [1.29, 1.82) is 0 Å². The number of benzene rings is 1. The van der Waals surface area contributed by atoms with Crippen molar-refractivity contribution < 1.29 is 9.72 Å². The molecule has 0 aliphatic carbocycles. The predicted molar refractivity (Wildman–Crippen MR) is 115 cm³/mol. The number of carbonyl (C=O) groups excluding carboxylic acids is 1. The van der Waals surface area contributed by atoms with Gasteiger partial charge in [-0.05, 0) is 23.6 Å². The predicted octanol–water partition coefficient (Wildman–Crippen LogP) is 3.69. The van der Waals surface area contributed by atoms with Crippen molar-refractivity contribution in [3.8, 4) is 0 Å². The molecule has 0 N–H and O–H groups in total. The Bertz CT molecular complexity index is 1070. The normalized spacial score (nSPS) is 14.4. The smallest absolute Gasteiger partial charge is 0.294 e. The Labute approximate surface area is 179 Å². The fraction of sp³-hybridized carbons (Fsp3) is 0.278. The summed E-state index contributed by atoms with van der Waals surface area (Å²) < 4.78 is 0.991. The first-order chi connectivity index (χ1) is 14.0. The molecule has 3 aromatic rings. The number of thioether (sulfide) groups is 1. The number of fused-ring (bicyclic) bond motifs is 1. The van der Waals surface area contributed by atoms with Gasteiger partial charge in [0.25, 0.3) is 5.69 Å². The molecule has 0 spiro atoms. The number of thiophene rings is 1. The lowest BCUT2D eigenvalue weighted by Gasteiger charge is -2.35. The molecular weight excluding hydrogens is 434 g/mol. The Hall–Kier alpha value is -2.43. The Balaban J connectivity index is 1.37. The average Bonchev–Trinajstić information content (AvgIpc) is 3.21. The third-order valence-corrected chi connectivity index (χ3v) is 6.90. The number of hydrogen-bond acceptors (Lipinski definition) is 8. The highest BCUT2D eigenvalue weighted by Gasteiger charge is 2.26. The van der Waals surface area contributed by atoms with Crippen LogP contribution in [0.25, 0.3) is 10.2 Å². The standard InChI is InChI=1S/C18H16ClN5O3S2/c19-12-1-2-14(15(9-12)24(26)27)22-4-6-23(7-5-22)16(25)10-29-18-17-13(3-8-28-17)20-11-21-18/h1-3,8-9,11H,4-7,10H2. The molecule has 4 rings (SSSR count). The largest absolute Gasteiger partial charge is 0.362 e. The van der Waals surface area contributed by atoms with Gasteiger partial charge in [0.2, 0.25) is 5.91 Å². The van der Waals surface area contributed by atoms with Gasteiger partial charge in [-0.15, -0.1) is 11.3 Å². The van der Waals surface area contributed by atoms with Crippen LogP contribution in [0.15, 0.2) is 41.0 Å². The Morgan fingerprint density at radius 2 is 2.03 bits per heavy atom. The number of amides is 1. The van der Waals surface area contributed by atoms with Gasteiger partial charge >= 0.3 is 0 Å². The Kier molecular flexibility index (Phi) is 5.84. The second kappa shape index (κ2) is 8.52. The summed E-state index contributed by atoms with van der Waals surface area (Å²) in [6.45, 7) is 2.08. The molecule has 3 heterocycles. The third kappa shape index (κ3) is 4.29. The summed E-state index contributed by atoms with van der Waals surface area (Å²) in [6, 6.07) is 6.60. The number of anilines is 1. The molecule has 1 saturated heterocycles. The number of nitro benzene ring substituents is 1. The minimum Gasteiger partial charge on any atom is -0.362 e. The van der Waals surface area contributed by atoms with E-state index in [1.165, 1.54) is 24.2 Å². The number of nitrogens with zero attached hydrogens (tertiary/aromatic N) is 5. The first-order valence-corrected chi connectivity index (χ1v) is 11.0. The van der Waals surface area contributed by atoms with E-state index < -0.39 is 4.92 Å². The molecule has 1 aliphatic rings. The van der Waals surface area contributed by atoms with Crippen LogP contribution in [0, 0.1) is 10.1 Å². The lowest BCUT2D eigenvalue weighted by Crippen LogP contribution is -2.49. The van der Waals surface area contributed by atoms with Gasteiger partial charge in [0.1, 0.15) is 17.0 Å². The summed E-state index contributed by atoms with van der Waals surface area (Å²) in [5, 5.41) is 14.4. The van der Waals surface area contributed by atoms with Crippen molar-refractivity contribution in [2.75, 3.05) is 36.8 Å². The number of carbonyl (C=O) groups is 1. The van der Waals surface area contributed by atoms with Gasteiger partial charge in [0, 0.05) is 37.3 Å². The summed E-state index contributed by atoms with van der Waals surface area (Å²) in [7, 11) is 0. The van der Waals surface area contributed by atoms with Gasteiger partial charge in [-0.2, -0.15) is 0 Å². The minimum atomic E-state index is -0.428. The van der Waals surface area contributed by atoms with Crippen LogP contribution in [0.2, 0.25) is 5.02 Å². The van der Waals surface area contributed by atoms with E-state index in [0.717, 1.165) is 15.2 Å². The topological polar surface area (TPSA) is 92.5 Å². The fourth-order valence-electron chi connectivity index (χ4n) is 3.20. The fourth-order valence-corrected chi connectivity index (χ4v) is 5.21. The van der Waals surface area contributed by atoms with Crippen LogP contribution in [0.5, 0.6) is 0 Å². The quantitative estimate of drug-likeness (QED) is 0.254. The van der Waals surface area contributed by atoms with Crippen LogP contribution < -0.4 is 4.90 Å². The molecule has 0 bridgehead atoms. The molecular formula is C18H16ClN5O3S2. The van der Waals surface area contributed by atoms with Gasteiger partial charge < -0.3 is 9.80 Å². The summed E-state index contributed by atoms with van der Waals surface area (Å²) in [6.07, 6.45) is 1.51. The van der Waals surface area contributed by atoms with Crippen molar-refractivity contribution in [1.82, 2.24) is 14.9 Å². The summed E-state index contributed by atoms with van der Waals surface area (Å²) in [4.78, 5) is 35.7. The molecule has 8 nitrogen and oxygen atoms in total. The number of hydrogen-bond donors (Lipinski definition) is 0. The Morgan fingerprint density at radius 3 is 2.79 bits per heavy atom. The highest BCUT2D eigenvalue weighted by molar-refractivity contribution is 8.00. The van der Waals surface area contributed by atoms with Gasteiger partial charge in [-0.1, -0.05) is 23.4 Å². The second-order valence-electron chi connectivity index (χ2n) is 6.36. The van der Waals surface area contributed by atoms with Crippen LogP contribution in [-0.4, -0.2) is 57.6 Å². The molecule has 150 valence electrons. The summed E-state index contributed by atoms with van der Waals surface area (Å²) >= 11 is 8.87. The first kappa shape index (κ1) is 19.9. The van der Waals surface area contributed by atoms with E-state index in [4.69, 9.17) is 11.6 Å². The summed E-state index contributed by atoms with van der Waals surface area (Å²) in [5.41, 5.74) is 1.40. The van der Waals surface area contributed by atoms with E-state index in [-0.39, 0.29) is 11.6 Å². The monoisotopic (exact) mass is 449 g/mol. The second-order valence-corrected chi connectivity index (χ2v) is 8.68. The molecule has 0 radical (unpaired) electrons. The molecule has 29 heavy (non-hydrogen) atoms. The van der Waals surface area contributed by atoms with Crippen LogP contribution >= 0.6 is 34.7 Å². The SMILES string of the molecule is O=C(CSc1ncnc2ccsc12)N1CCN(c2ccc(Cl)cc2[N+](=O)[O-])CC1. The molecule has 0 saturated carbocycles. The maximum absolute atomic E-state index is 12.6. The van der Waals surface area contributed by atoms with E-state index in [0.29, 0.717) is 42.6 Å². The number of halogens is 1. The molecule has 11 heteroatoms. The maximum Gasteiger partial charge on any atom is 0.294 e. The summed E-state index contributed by atoms with van der Waals surface area (Å²) in [5.74, 6) is 0.328. The van der Waals surface area contributed by atoms with E-state index >= 15 is 0 Å². The van der Waals surface area contributed by atoms with Gasteiger partial charge in [-0.25, -0.2) is 9.97 Å². The lowest BCUT2D eigenvalue weighted by molar-refractivity contribution is -0.384. The molecule has 1 fully saturated rings. The zero-order chi connectivity index (χ0) is 20.4. The number of aromatic nitrogens is 2. The van der Waals surface area contributed by atoms with E-state index in [9.17, 15) is 14.9 Å². The first-order valence-electron chi connectivity index (χ1n) is 8.80. The van der Waals surface area contributed by atoms with Crippen LogP contribution in [0.1, 0.15) is 0 Å². The van der Waals surface area contributed by atoms with Crippen molar-refractivity contribution in [2.24, 2.45) is 0 Å². The van der Waals surface area contributed by atoms with Crippen LogP contribution in [0.3, 0.4) is 0 Å². The molecule has 2 aromatic heterocycles. The molecule has 1 aromatic carbocycles. The van der Waals surface area contributed by atoms with Crippen LogP contribution in [0.4, 0.5) is 11.4 Å². The minimum absolute atomic E-state index is 0.0171. The van der Waals surface area contributed by atoms with Crippen molar-refractivity contribution in [3.63, 3.8) is 0 Å². The van der Waals surface area contributed by atoms with Gasteiger partial charge in [0.05, 0.1) is 20.9 Å². The maximum atomic E-state index is 12.6. The third-order valence-electron chi connectivity index (χ3n) is 4.65. The number of piperazine rings is 1. The highest BCUT2D eigenvalue weighted by atomic mass is 35.5. The van der Waals surface area contributed by atoms with Crippen molar-refractivity contribution in [3.05, 3.63) is 51.1 Å². The van der Waals surface area contributed by atoms with Crippen molar-refractivity contribution >= 4 is 62.2 Å². The lowest BCUT2D eigenvalue weighted by atomic mass is 10.2. The number of nitro groups is 1. The molecule has 0 unspecified atom stereocenters. The highest BCUT2D eigenvalue weighted by Crippen LogP contribution is 2.32. The van der Waals surface area contributed by atoms with Gasteiger partial charge in [-0.3, -0.25) is 14.9 Å². The molecule has 1 amide bonds. The van der Waals surface area contributed by atoms with E-state index in [2.05, 4.69) is 9.97 Å².